The topological polar surface area (TPSA) is 49.7 Å². The Hall–Kier alpha value is -0.360. The maximum atomic E-state index is 12.1. The lowest BCUT2D eigenvalue weighted by Gasteiger charge is -1.96. The van der Waals surface area contributed by atoms with Gasteiger partial charge >= 0.3 is 10.4 Å². The molecule has 1 rings (SSSR count). The van der Waals surface area contributed by atoms with Crippen LogP contribution in [0.1, 0.15) is 0 Å². The highest BCUT2D eigenvalue weighted by Gasteiger charge is 2.02. The normalized spacial score (nSPS) is 15.1. The van der Waals surface area contributed by atoms with Crippen molar-refractivity contribution in [1.82, 2.24) is 0 Å². The molecule has 0 aromatic heterocycles. The van der Waals surface area contributed by atoms with Crippen molar-refractivity contribution in [3.63, 3.8) is 0 Å². The quantitative estimate of drug-likeness (QED) is 0.769. The first kappa shape index (κ1) is 10.7. The molecule has 13 heavy (non-hydrogen) atoms. The summed E-state index contributed by atoms with van der Waals surface area (Å²) in [6.45, 7) is 0. The van der Waals surface area contributed by atoms with Crippen LogP contribution in [-0.2, 0) is 10.4 Å². The molecule has 0 aliphatic carbocycles. The summed E-state index contributed by atoms with van der Waals surface area (Å²) in [4.78, 5) is 0. The van der Waals surface area contributed by atoms with Crippen molar-refractivity contribution in [2.45, 2.75) is 0 Å². The smallest absolute Gasteiger partial charge is 0.276 e. The molecule has 0 saturated heterocycles. The molecule has 1 N–H and O–H groups in total. The Balaban J connectivity index is 3.21. The van der Waals surface area contributed by atoms with Gasteiger partial charge in [-0.3, -0.25) is 4.55 Å². The van der Waals surface area contributed by atoms with Crippen molar-refractivity contribution in [1.29, 1.82) is 0 Å². The number of hydrogen-bond donors (Lipinski definition) is 1. The van der Waals surface area contributed by atoms with Crippen LogP contribution in [0.4, 0.5) is 9.57 Å². The van der Waals surface area contributed by atoms with Crippen LogP contribution in [0.15, 0.2) is 22.6 Å². The van der Waals surface area contributed by atoms with Crippen LogP contribution >= 0.6 is 23.2 Å². The van der Waals surface area contributed by atoms with Crippen LogP contribution in [0, 0.1) is 0 Å². The lowest BCUT2D eigenvalue weighted by atomic mass is 10.3. The van der Waals surface area contributed by atoms with Crippen molar-refractivity contribution in [2.24, 2.45) is 4.36 Å². The average Bonchev–Trinajstić information content (AvgIpc) is 1.94. The highest BCUT2D eigenvalue weighted by Crippen LogP contribution is 2.27. The van der Waals surface area contributed by atoms with E-state index in [4.69, 9.17) is 27.8 Å². The van der Waals surface area contributed by atoms with Gasteiger partial charge in [0.15, 0.2) is 0 Å². The summed E-state index contributed by atoms with van der Waals surface area (Å²) in [5.74, 6) is 0. The second-order valence-corrected chi connectivity index (χ2v) is 3.98. The maximum Gasteiger partial charge on any atom is 0.331 e. The average molecular weight is 244 g/mol. The first-order chi connectivity index (χ1) is 5.88. The minimum absolute atomic E-state index is 0.0376. The van der Waals surface area contributed by atoms with Crippen molar-refractivity contribution < 1.29 is 12.6 Å². The summed E-state index contributed by atoms with van der Waals surface area (Å²) in [7, 11) is -4.63. The molecule has 0 amide bonds. The third-order valence-electron chi connectivity index (χ3n) is 1.12. The monoisotopic (exact) mass is 243 g/mol. The van der Waals surface area contributed by atoms with Gasteiger partial charge in [0.05, 0.1) is 15.7 Å². The Labute approximate surface area is 84.8 Å². The molecule has 0 bridgehead atoms. The van der Waals surface area contributed by atoms with Gasteiger partial charge in [0.25, 0.3) is 0 Å². The SMILES string of the molecule is O=S(O)(F)=Nc1ccc(Cl)c(Cl)c1. The van der Waals surface area contributed by atoms with E-state index in [1.165, 1.54) is 18.2 Å². The molecule has 3 nitrogen and oxygen atoms in total. The number of nitrogens with zero attached hydrogens (tertiary/aromatic N) is 1. The molecule has 0 radical (unpaired) electrons. The molecule has 0 aliphatic rings. The van der Waals surface area contributed by atoms with E-state index in [9.17, 15) is 8.09 Å². The van der Waals surface area contributed by atoms with Crippen LogP contribution in [0.5, 0.6) is 0 Å². The third-order valence-corrected chi connectivity index (χ3v) is 2.30. The molecule has 72 valence electrons. The number of rotatable bonds is 1. The van der Waals surface area contributed by atoms with Gasteiger partial charge in [0.1, 0.15) is 0 Å². The zero-order valence-corrected chi connectivity index (χ0v) is 8.41. The summed E-state index contributed by atoms with van der Waals surface area (Å²) in [6.07, 6.45) is 0. The molecule has 0 aliphatic heterocycles. The molecule has 1 aromatic carbocycles. The third kappa shape index (κ3) is 3.48. The second kappa shape index (κ2) is 3.79. The van der Waals surface area contributed by atoms with Crippen molar-refractivity contribution >= 4 is 39.3 Å². The Morgan fingerprint density at radius 1 is 1.38 bits per heavy atom. The Bertz CT molecular complexity index is 434. The molecule has 0 heterocycles. The van der Waals surface area contributed by atoms with Crippen LogP contribution in [-0.4, -0.2) is 8.76 Å². The summed E-state index contributed by atoms with van der Waals surface area (Å²) in [5, 5.41) is 0.412. The van der Waals surface area contributed by atoms with Crippen LogP contribution in [0.25, 0.3) is 0 Å². The highest BCUT2D eigenvalue weighted by molar-refractivity contribution is 7.83. The Morgan fingerprint density at radius 2 is 2.00 bits per heavy atom. The molecule has 7 heteroatoms. The first-order valence-corrected chi connectivity index (χ1v) is 5.15. The van der Waals surface area contributed by atoms with Gasteiger partial charge in [-0.1, -0.05) is 27.1 Å². The first-order valence-electron chi connectivity index (χ1n) is 3.03. The zero-order valence-electron chi connectivity index (χ0n) is 6.08. The molecular formula is C6H4Cl2FNO2S. The highest BCUT2D eigenvalue weighted by atomic mass is 35.5. The van der Waals surface area contributed by atoms with Crippen molar-refractivity contribution in [3.8, 4) is 0 Å². The van der Waals surface area contributed by atoms with Gasteiger partial charge in [0, 0.05) is 0 Å². The van der Waals surface area contributed by atoms with E-state index in [0.29, 0.717) is 0 Å². The minimum atomic E-state index is -4.63. The lowest BCUT2D eigenvalue weighted by molar-refractivity contribution is 0.503. The van der Waals surface area contributed by atoms with Gasteiger partial charge in [-0.15, -0.1) is 4.36 Å². The lowest BCUT2D eigenvalue weighted by Crippen LogP contribution is -1.83. The predicted molar refractivity (Wildman–Crippen MR) is 50.4 cm³/mol. The van der Waals surface area contributed by atoms with E-state index in [2.05, 4.69) is 4.36 Å². The summed E-state index contributed by atoms with van der Waals surface area (Å²) < 4.78 is 33.5. The fourth-order valence-electron chi connectivity index (χ4n) is 0.672. The van der Waals surface area contributed by atoms with Gasteiger partial charge in [0.2, 0.25) is 0 Å². The van der Waals surface area contributed by atoms with E-state index >= 15 is 0 Å². The molecular weight excluding hydrogens is 240 g/mol. The van der Waals surface area contributed by atoms with E-state index in [0.717, 1.165) is 0 Å². The second-order valence-electron chi connectivity index (χ2n) is 2.12. The fourth-order valence-corrected chi connectivity index (χ4v) is 1.34. The number of benzene rings is 1. The summed E-state index contributed by atoms with van der Waals surface area (Å²) >= 11 is 11.1. The van der Waals surface area contributed by atoms with Crippen LogP contribution < -0.4 is 0 Å². The molecule has 1 aromatic rings. The maximum absolute atomic E-state index is 12.1. The van der Waals surface area contributed by atoms with Gasteiger partial charge in [-0.25, -0.2) is 0 Å². The van der Waals surface area contributed by atoms with Crippen molar-refractivity contribution in [3.05, 3.63) is 28.2 Å². The fraction of sp³-hybridized carbons (Fsp3) is 0. The van der Waals surface area contributed by atoms with Crippen LogP contribution in [0.2, 0.25) is 10.0 Å². The van der Waals surface area contributed by atoms with E-state index in [1.807, 2.05) is 0 Å². The standard InChI is InChI=1S/C6H4Cl2FNO2S/c7-5-2-1-4(3-6(5)8)10-13(9,11)12/h1-3H,(H,10,11,12). The molecule has 1 atom stereocenters. The minimum Gasteiger partial charge on any atom is -0.276 e. The number of halogens is 3. The Morgan fingerprint density at radius 3 is 2.46 bits per heavy atom. The zero-order chi connectivity index (χ0) is 10.1. The van der Waals surface area contributed by atoms with Gasteiger partial charge in [-0.05, 0) is 18.2 Å². The van der Waals surface area contributed by atoms with E-state index < -0.39 is 10.4 Å². The Kier molecular flexibility index (Phi) is 3.13. The molecule has 0 saturated carbocycles. The molecule has 0 spiro atoms. The number of hydrogen-bond acceptors (Lipinski definition) is 2. The van der Waals surface area contributed by atoms with Crippen LogP contribution in [0.3, 0.4) is 0 Å². The molecule has 0 fully saturated rings. The largest absolute Gasteiger partial charge is 0.331 e. The molecule has 1 unspecified atom stereocenters. The van der Waals surface area contributed by atoms with E-state index in [1.54, 1.807) is 0 Å². The van der Waals surface area contributed by atoms with E-state index in [-0.39, 0.29) is 15.7 Å². The van der Waals surface area contributed by atoms with Gasteiger partial charge in [-0.2, -0.15) is 4.21 Å². The van der Waals surface area contributed by atoms with Crippen molar-refractivity contribution in [2.75, 3.05) is 0 Å². The van der Waals surface area contributed by atoms with Gasteiger partial charge < -0.3 is 0 Å². The summed E-state index contributed by atoms with van der Waals surface area (Å²) in [5.41, 5.74) is -0.0376. The predicted octanol–water partition coefficient (Wildman–Crippen LogP) is 3.45. The summed E-state index contributed by atoms with van der Waals surface area (Å²) in [6, 6.07) is 3.83.